The first-order valence-corrected chi connectivity index (χ1v) is 5.93. The van der Waals surface area contributed by atoms with Crippen LogP contribution in [0.2, 0.25) is 0 Å². The van der Waals surface area contributed by atoms with E-state index in [0.29, 0.717) is 5.25 Å². The van der Waals surface area contributed by atoms with Gasteiger partial charge in [-0.05, 0) is 25.0 Å². The van der Waals surface area contributed by atoms with E-state index in [4.69, 9.17) is 0 Å². The minimum Gasteiger partial charge on any atom is -0.179 e. The molecule has 0 aliphatic carbocycles. The molecule has 2 unspecified atom stereocenters. The van der Waals surface area contributed by atoms with Gasteiger partial charge in [-0.3, -0.25) is 0 Å². The van der Waals surface area contributed by atoms with Crippen molar-refractivity contribution in [3.8, 4) is 0 Å². The molecule has 0 nitrogen and oxygen atoms in total. The molecular formula is C7H14S3. The van der Waals surface area contributed by atoms with Gasteiger partial charge in [0.1, 0.15) is 0 Å². The van der Waals surface area contributed by atoms with E-state index in [2.05, 4.69) is 37.0 Å². The summed E-state index contributed by atoms with van der Waals surface area (Å²) >= 11 is 10.7. The van der Waals surface area contributed by atoms with Crippen molar-refractivity contribution in [3.05, 3.63) is 0 Å². The minimum absolute atomic E-state index is 0.654. The average molecular weight is 194 g/mol. The van der Waals surface area contributed by atoms with Crippen LogP contribution in [0.1, 0.15) is 19.3 Å². The third-order valence-electron chi connectivity index (χ3n) is 1.80. The monoisotopic (exact) mass is 194 g/mol. The van der Waals surface area contributed by atoms with Crippen LogP contribution in [0.5, 0.6) is 0 Å². The summed E-state index contributed by atoms with van der Waals surface area (Å²) in [5, 5.41) is 1.53. The van der Waals surface area contributed by atoms with Crippen molar-refractivity contribution >= 4 is 37.0 Å². The largest absolute Gasteiger partial charge is 0.179 e. The van der Waals surface area contributed by atoms with E-state index in [1.165, 1.54) is 25.0 Å². The lowest BCUT2D eigenvalue weighted by Gasteiger charge is -2.24. The van der Waals surface area contributed by atoms with Crippen LogP contribution < -0.4 is 0 Å². The van der Waals surface area contributed by atoms with E-state index in [1.54, 1.807) is 0 Å². The standard InChI is InChI=1S/C7H14S3/c8-4-3-7-2-1-6(9)5-10-7/h6-9H,1-5H2. The maximum atomic E-state index is 4.43. The van der Waals surface area contributed by atoms with Gasteiger partial charge in [0.2, 0.25) is 0 Å². The first kappa shape index (κ1) is 9.14. The normalized spacial score (nSPS) is 34.2. The summed E-state index contributed by atoms with van der Waals surface area (Å²) in [7, 11) is 0. The average Bonchev–Trinajstić information content (AvgIpc) is 1.95. The van der Waals surface area contributed by atoms with Crippen LogP contribution in [0.3, 0.4) is 0 Å². The van der Waals surface area contributed by atoms with Crippen molar-refractivity contribution in [1.82, 2.24) is 0 Å². The molecule has 0 saturated carbocycles. The topological polar surface area (TPSA) is 0 Å². The van der Waals surface area contributed by atoms with Crippen molar-refractivity contribution < 1.29 is 0 Å². The quantitative estimate of drug-likeness (QED) is 0.637. The van der Waals surface area contributed by atoms with Crippen molar-refractivity contribution in [2.45, 2.75) is 29.8 Å². The molecule has 1 heterocycles. The Hall–Kier alpha value is 1.05. The van der Waals surface area contributed by atoms with E-state index in [-0.39, 0.29) is 0 Å². The molecule has 3 heteroatoms. The van der Waals surface area contributed by atoms with Gasteiger partial charge in [0.15, 0.2) is 0 Å². The lowest BCUT2D eigenvalue weighted by molar-refractivity contribution is 0.665. The molecule has 1 aliphatic heterocycles. The summed E-state index contributed by atoms with van der Waals surface area (Å²) in [5.74, 6) is 2.27. The van der Waals surface area contributed by atoms with Crippen molar-refractivity contribution in [2.75, 3.05) is 11.5 Å². The molecule has 0 aromatic heterocycles. The fourth-order valence-electron chi connectivity index (χ4n) is 1.16. The third-order valence-corrected chi connectivity index (χ3v) is 4.28. The summed E-state index contributed by atoms with van der Waals surface area (Å²) in [5.41, 5.74) is 0. The van der Waals surface area contributed by atoms with E-state index in [1.807, 2.05) is 0 Å². The molecule has 0 bridgehead atoms. The summed E-state index contributed by atoms with van der Waals surface area (Å²) < 4.78 is 0. The fourth-order valence-corrected chi connectivity index (χ4v) is 3.31. The summed E-state index contributed by atoms with van der Waals surface area (Å²) in [6.45, 7) is 0. The van der Waals surface area contributed by atoms with Gasteiger partial charge in [-0.2, -0.15) is 37.0 Å². The molecule has 1 saturated heterocycles. The van der Waals surface area contributed by atoms with Gasteiger partial charge < -0.3 is 0 Å². The third kappa shape index (κ3) is 2.97. The van der Waals surface area contributed by atoms with E-state index in [9.17, 15) is 0 Å². The summed E-state index contributed by atoms with van der Waals surface area (Å²) in [4.78, 5) is 0. The number of thiol groups is 2. The molecular weight excluding hydrogens is 180 g/mol. The van der Waals surface area contributed by atoms with Gasteiger partial charge in [0, 0.05) is 16.3 Å². The second-order valence-electron chi connectivity index (χ2n) is 2.70. The zero-order chi connectivity index (χ0) is 7.40. The minimum atomic E-state index is 0.654. The van der Waals surface area contributed by atoms with Crippen LogP contribution >= 0.6 is 37.0 Å². The number of thioether (sulfide) groups is 1. The van der Waals surface area contributed by atoms with Gasteiger partial charge in [-0.15, -0.1) is 0 Å². The molecule has 60 valence electrons. The molecule has 1 rings (SSSR count). The van der Waals surface area contributed by atoms with Crippen molar-refractivity contribution in [2.24, 2.45) is 0 Å². The zero-order valence-electron chi connectivity index (χ0n) is 5.99. The first-order valence-electron chi connectivity index (χ1n) is 3.73. The molecule has 0 spiro atoms. The second kappa shape index (κ2) is 4.83. The van der Waals surface area contributed by atoms with E-state index >= 15 is 0 Å². The molecule has 0 aromatic carbocycles. The number of hydrogen-bond acceptors (Lipinski definition) is 3. The second-order valence-corrected chi connectivity index (χ2v) is 5.21. The highest BCUT2D eigenvalue weighted by Gasteiger charge is 2.17. The van der Waals surface area contributed by atoms with Gasteiger partial charge >= 0.3 is 0 Å². The summed E-state index contributed by atoms with van der Waals surface area (Å²) in [6.07, 6.45) is 3.92. The SMILES string of the molecule is SCCC1CCC(S)CS1. The molecule has 1 fully saturated rings. The Morgan fingerprint density at radius 3 is 2.70 bits per heavy atom. The van der Waals surface area contributed by atoms with Crippen molar-refractivity contribution in [3.63, 3.8) is 0 Å². The van der Waals surface area contributed by atoms with Crippen LogP contribution in [0.15, 0.2) is 0 Å². The Labute approximate surface area is 78.4 Å². The maximum Gasteiger partial charge on any atom is 0.0108 e. The smallest absolute Gasteiger partial charge is 0.0108 e. The Morgan fingerprint density at radius 2 is 2.20 bits per heavy atom. The van der Waals surface area contributed by atoms with Gasteiger partial charge in [-0.1, -0.05) is 0 Å². The Bertz CT molecular complexity index is 86.9. The van der Waals surface area contributed by atoms with Crippen molar-refractivity contribution in [1.29, 1.82) is 0 Å². The van der Waals surface area contributed by atoms with Crippen LogP contribution in [-0.2, 0) is 0 Å². The Balaban J connectivity index is 2.13. The highest BCUT2D eigenvalue weighted by molar-refractivity contribution is 8.00. The highest BCUT2D eigenvalue weighted by atomic mass is 32.2. The summed E-state index contributed by atoms with van der Waals surface area (Å²) in [6, 6.07) is 0. The predicted octanol–water partition coefficient (Wildman–Crippen LogP) is 2.50. The number of rotatable bonds is 2. The zero-order valence-corrected chi connectivity index (χ0v) is 8.60. The van der Waals surface area contributed by atoms with E-state index < -0.39 is 0 Å². The van der Waals surface area contributed by atoms with Gasteiger partial charge in [0.25, 0.3) is 0 Å². The molecule has 0 aromatic rings. The predicted molar refractivity (Wildman–Crippen MR) is 56.7 cm³/mol. The first-order chi connectivity index (χ1) is 4.83. The van der Waals surface area contributed by atoms with Crippen LogP contribution in [0.4, 0.5) is 0 Å². The van der Waals surface area contributed by atoms with Crippen LogP contribution in [0, 0.1) is 0 Å². The fraction of sp³-hybridized carbons (Fsp3) is 1.00. The van der Waals surface area contributed by atoms with E-state index in [0.717, 1.165) is 11.0 Å². The number of hydrogen-bond donors (Lipinski definition) is 2. The molecule has 0 amide bonds. The van der Waals surface area contributed by atoms with Gasteiger partial charge in [0.05, 0.1) is 0 Å². The Kier molecular flexibility index (Phi) is 4.42. The molecule has 0 radical (unpaired) electrons. The lowest BCUT2D eigenvalue weighted by Crippen LogP contribution is -2.18. The van der Waals surface area contributed by atoms with Gasteiger partial charge in [-0.25, -0.2) is 0 Å². The van der Waals surface area contributed by atoms with Crippen LogP contribution in [0.25, 0.3) is 0 Å². The Morgan fingerprint density at radius 1 is 1.40 bits per heavy atom. The lowest BCUT2D eigenvalue weighted by atomic mass is 10.1. The van der Waals surface area contributed by atoms with Crippen LogP contribution in [-0.4, -0.2) is 22.0 Å². The molecule has 10 heavy (non-hydrogen) atoms. The molecule has 0 N–H and O–H groups in total. The molecule has 1 aliphatic rings. The highest BCUT2D eigenvalue weighted by Crippen LogP contribution is 2.30. The maximum absolute atomic E-state index is 4.43. The molecule has 2 atom stereocenters.